The highest BCUT2D eigenvalue weighted by Gasteiger charge is 2.06. The second-order valence-electron chi connectivity index (χ2n) is 3.72. The van der Waals surface area contributed by atoms with E-state index in [9.17, 15) is 0 Å². The number of nitrogens with one attached hydrogen (secondary N) is 2. The van der Waals surface area contributed by atoms with Crippen molar-refractivity contribution >= 4 is 33.3 Å². The van der Waals surface area contributed by atoms with Gasteiger partial charge in [-0.05, 0) is 27.4 Å². The number of methoxy groups -OCH3 is 1. The summed E-state index contributed by atoms with van der Waals surface area (Å²) in [6.45, 7) is 2.62. The molecule has 0 radical (unpaired) electrons. The van der Waals surface area contributed by atoms with Gasteiger partial charge in [0.2, 0.25) is 5.89 Å². The molecule has 2 aromatic heterocycles. The normalized spacial score (nSPS) is 10.8. The Kier molecular flexibility index (Phi) is 5.77. The molecule has 0 unspecified atom stereocenters. The highest BCUT2D eigenvalue weighted by molar-refractivity contribution is 9.10. The van der Waals surface area contributed by atoms with Crippen molar-refractivity contribution in [3.8, 4) is 0 Å². The molecule has 2 heterocycles. The van der Waals surface area contributed by atoms with Crippen LogP contribution in [0.25, 0.3) is 0 Å². The molecule has 0 bridgehead atoms. The van der Waals surface area contributed by atoms with Gasteiger partial charge in [0, 0.05) is 23.0 Å². The number of hydrogen-bond acceptors (Lipinski definition) is 7. The number of ether oxygens (including phenoxy) is 1. The molecule has 0 aromatic carbocycles. The summed E-state index contributed by atoms with van der Waals surface area (Å²) in [4.78, 5) is 1.19. The van der Waals surface area contributed by atoms with Crippen molar-refractivity contribution in [3.63, 3.8) is 0 Å². The zero-order valence-corrected chi connectivity index (χ0v) is 12.9. The van der Waals surface area contributed by atoms with Crippen LogP contribution in [0.4, 0.5) is 6.01 Å². The standard InChI is InChI=1S/C11H15BrN4O2S/c1-17-4-3-13-7-10-15-16-11(18-10)14-6-9-8(12)2-5-19-9/h2,5,13H,3-4,6-7H2,1H3,(H,14,16). The number of thiophene rings is 1. The molecule has 0 aliphatic heterocycles. The topological polar surface area (TPSA) is 72.2 Å². The monoisotopic (exact) mass is 346 g/mol. The maximum atomic E-state index is 5.45. The number of anilines is 1. The van der Waals surface area contributed by atoms with Crippen LogP contribution < -0.4 is 10.6 Å². The van der Waals surface area contributed by atoms with Crippen molar-refractivity contribution in [1.82, 2.24) is 15.5 Å². The molecule has 104 valence electrons. The van der Waals surface area contributed by atoms with Gasteiger partial charge in [-0.3, -0.25) is 0 Å². The minimum atomic E-state index is 0.434. The van der Waals surface area contributed by atoms with Crippen LogP contribution in [-0.2, 0) is 17.8 Å². The highest BCUT2D eigenvalue weighted by Crippen LogP contribution is 2.23. The Hall–Kier alpha value is -0.960. The van der Waals surface area contributed by atoms with Gasteiger partial charge in [-0.2, -0.15) is 0 Å². The van der Waals surface area contributed by atoms with Gasteiger partial charge in [-0.1, -0.05) is 5.10 Å². The minimum absolute atomic E-state index is 0.434. The van der Waals surface area contributed by atoms with E-state index in [1.807, 2.05) is 11.4 Å². The van der Waals surface area contributed by atoms with Crippen molar-refractivity contribution in [1.29, 1.82) is 0 Å². The summed E-state index contributed by atoms with van der Waals surface area (Å²) in [6, 6.07) is 2.45. The third-order valence-corrected chi connectivity index (χ3v) is 4.24. The minimum Gasteiger partial charge on any atom is -0.407 e. The molecule has 19 heavy (non-hydrogen) atoms. The van der Waals surface area contributed by atoms with Crippen molar-refractivity contribution in [3.05, 3.63) is 26.7 Å². The third kappa shape index (κ3) is 4.57. The molecule has 0 amide bonds. The Balaban J connectivity index is 1.76. The summed E-state index contributed by atoms with van der Waals surface area (Å²) < 4.78 is 11.5. The predicted octanol–water partition coefficient (Wildman–Crippen LogP) is 2.24. The predicted molar refractivity (Wildman–Crippen MR) is 77.2 cm³/mol. The number of aromatic nitrogens is 2. The van der Waals surface area contributed by atoms with Crippen LogP contribution in [0, 0.1) is 0 Å². The summed E-state index contributed by atoms with van der Waals surface area (Å²) in [5.74, 6) is 0.559. The first-order valence-electron chi connectivity index (χ1n) is 5.77. The average molecular weight is 347 g/mol. The molecule has 0 aliphatic rings. The molecule has 0 aliphatic carbocycles. The second kappa shape index (κ2) is 7.59. The first-order valence-corrected chi connectivity index (χ1v) is 7.44. The molecule has 2 N–H and O–H groups in total. The number of halogens is 1. The molecule has 2 rings (SSSR count). The van der Waals surface area contributed by atoms with Crippen LogP contribution in [0.1, 0.15) is 10.8 Å². The van der Waals surface area contributed by atoms with E-state index < -0.39 is 0 Å². The zero-order valence-electron chi connectivity index (χ0n) is 10.5. The SMILES string of the molecule is COCCNCc1nnc(NCc2sccc2Br)o1. The van der Waals surface area contributed by atoms with Crippen molar-refractivity contribution < 1.29 is 9.15 Å². The quantitative estimate of drug-likeness (QED) is 0.714. The zero-order chi connectivity index (χ0) is 13.5. The molecular weight excluding hydrogens is 332 g/mol. The lowest BCUT2D eigenvalue weighted by atomic mass is 10.5. The Morgan fingerprint density at radius 3 is 3.05 bits per heavy atom. The van der Waals surface area contributed by atoms with E-state index in [1.54, 1.807) is 18.4 Å². The maximum absolute atomic E-state index is 5.45. The third-order valence-electron chi connectivity index (χ3n) is 2.32. The lowest BCUT2D eigenvalue weighted by Gasteiger charge is -2.00. The van der Waals surface area contributed by atoms with E-state index in [1.165, 1.54) is 4.88 Å². The van der Waals surface area contributed by atoms with Gasteiger partial charge in [0.05, 0.1) is 19.7 Å². The molecule has 2 aromatic rings. The molecule has 0 saturated carbocycles. The fraction of sp³-hybridized carbons (Fsp3) is 0.455. The number of rotatable bonds is 8. The molecular formula is C11H15BrN4O2S. The molecule has 0 atom stereocenters. The molecule has 0 saturated heterocycles. The van der Waals surface area contributed by atoms with Gasteiger partial charge < -0.3 is 19.8 Å². The lowest BCUT2D eigenvalue weighted by molar-refractivity contribution is 0.198. The number of hydrogen-bond donors (Lipinski definition) is 2. The van der Waals surface area contributed by atoms with Crippen LogP contribution >= 0.6 is 27.3 Å². The van der Waals surface area contributed by atoms with Crippen LogP contribution in [0.3, 0.4) is 0 Å². The summed E-state index contributed by atoms with van der Waals surface area (Å²) in [5, 5.41) is 16.1. The van der Waals surface area contributed by atoms with E-state index in [-0.39, 0.29) is 0 Å². The van der Waals surface area contributed by atoms with Crippen LogP contribution in [0.15, 0.2) is 20.3 Å². The van der Waals surface area contributed by atoms with Gasteiger partial charge in [-0.25, -0.2) is 0 Å². The second-order valence-corrected chi connectivity index (χ2v) is 5.57. The fourth-order valence-corrected chi connectivity index (χ4v) is 2.81. The van der Waals surface area contributed by atoms with Crippen molar-refractivity contribution in [2.24, 2.45) is 0 Å². The number of nitrogens with zero attached hydrogens (tertiary/aromatic N) is 2. The lowest BCUT2D eigenvalue weighted by Crippen LogP contribution is -2.18. The van der Waals surface area contributed by atoms with E-state index in [4.69, 9.17) is 9.15 Å². The van der Waals surface area contributed by atoms with E-state index in [0.717, 1.165) is 11.0 Å². The molecule has 0 fully saturated rings. The average Bonchev–Trinajstić information content (AvgIpc) is 3.01. The van der Waals surface area contributed by atoms with E-state index >= 15 is 0 Å². The fourth-order valence-electron chi connectivity index (χ4n) is 1.37. The first-order chi connectivity index (χ1) is 9.29. The summed E-state index contributed by atoms with van der Waals surface area (Å²) in [7, 11) is 1.67. The first kappa shape index (κ1) is 14.4. The summed E-state index contributed by atoms with van der Waals surface area (Å²) in [5.41, 5.74) is 0. The summed E-state index contributed by atoms with van der Waals surface area (Å²) >= 11 is 5.15. The van der Waals surface area contributed by atoms with Gasteiger partial charge in [0.25, 0.3) is 0 Å². The van der Waals surface area contributed by atoms with E-state index in [2.05, 4.69) is 36.8 Å². The Bertz CT molecular complexity index is 502. The Morgan fingerprint density at radius 1 is 1.42 bits per heavy atom. The van der Waals surface area contributed by atoms with Crippen molar-refractivity contribution in [2.45, 2.75) is 13.1 Å². The van der Waals surface area contributed by atoms with E-state index in [0.29, 0.717) is 31.6 Å². The molecule has 6 nitrogen and oxygen atoms in total. The van der Waals surface area contributed by atoms with Crippen molar-refractivity contribution in [2.75, 3.05) is 25.6 Å². The van der Waals surface area contributed by atoms with Crippen LogP contribution in [0.5, 0.6) is 0 Å². The van der Waals surface area contributed by atoms with Gasteiger partial charge in [-0.15, -0.1) is 16.4 Å². The van der Waals surface area contributed by atoms with Gasteiger partial charge in [0.1, 0.15) is 0 Å². The Morgan fingerprint density at radius 2 is 2.32 bits per heavy atom. The molecule has 8 heteroatoms. The maximum Gasteiger partial charge on any atom is 0.315 e. The van der Waals surface area contributed by atoms with Crippen LogP contribution in [-0.4, -0.2) is 30.5 Å². The Labute approximate surface area is 123 Å². The van der Waals surface area contributed by atoms with Crippen LogP contribution in [0.2, 0.25) is 0 Å². The largest absolute Gasteiger partial charge is 0.407 e. The molecule has 0 spiro atoms. The van der Waals surface area contributed by atoms with Gasteiger partial charge in [0.15, 0.2) is 0 Å². The summed E-state index contributed by atoms with van der Waals surface area (Å²) in [6.07, 6.45) is 0. The smallest absolute Gasteiger partial charge is 0.315 e. The van der Waals surface area contributed by atoms with Gasteiger partial charge >= 0.3 is 6.01 Å². The highest BCUT2D eigenvalue weighted by atomic mass is 79.9.